The minimum Gasteiger partial charge on any atom is -0.497 e. The molecule has 6 nitrogen and oxygen atoms in total. The van der Waals surface area contributed by atoms with Gasteiger partial charge in [-0.2, -0.15) is 4.98 Å². The summed E-state index contributed by atoms with van der Waals surface area (Å²) in [6.07, 6.45) is 0. The summed E-state index contributed by atoms with van der Waals surface area (Å²) in [6, 6.07) is 16.9. The lowest BCUT2D eigenvalue weighted by Gasteiger charge is -2.08. The third-order valence-corrected chi connectivity index (χ3v) is 5.89. The van der Waals surface area contributed by atoms with Crippen molar-refractivity contribution in [1.29, 1.82) is 0 Å². The van der Waals surface area contributed by atoms with Crippen molar-refractivity contribution in [2.75, 3.05) is 7.11 Å². The van der Waals surface area contributed by atoms with Gasteiger partial charge in [-0.15, -0.1) is 11.3 Å². The van der Waals surface area contributed by atoms with E-state index >= 15 is 0 Å². The zero-order chi connectivity index (χ0) is 19.5. The third-order valence-electron chi connectivity index (χ3n) is 5.03. The van der Waals surface area contributed by atoms with Crippen molar-refractivity contribution in [3.63, 3.8) is 0 Å². The molecular weight excluding hydrogens is 386 g/mol. The van der Waals surface area contributed by atoms with Crippen molar-refractivity contribution in [2.24, 2.45) is 0 Å². The number of hydrogen-bond acceptors (Lipinski definition) is 6. The Labute approximate surface area is 167 Å². The van der Waals surface area contributed by atoms with E-state index in [0.29, 0.717) is 33.6 Å². The molecule has 0 unspecified atom stereocenters. The summed E-state index contributed by atoms with van der Waals surface area (Å²) in [5.41, 5.74) is 2.79. The first-order valence-corrected chi connectivity index (χ1v) is 9.88. The summed E-state index contributed by atoms with van der Waals surface area (Å²) < 4.78 is 13.3. The molecule has 4 aromatic heterocycles. The molecule has 0 N–H and O–H groups in total. The van der Waals surface area contributed by atoms with Crippen LogP contribution in [0.15, 0.2) is 69.2 Å². The zero-order valence-electron chi connectivity index (χ0n) is 15.2. The number of methoxy groups -OCH3 is 1. The number of imidazole rings is 1. The molecular formula is C22H13N3O3S. The number of benzene rings is 2. The molecule has 0 atom stereocenters. The molecule has 29 heavy (non-hydrogen) atoms. The molecule has 0 bridgehead atoms. The first-order valence-electron chi connectivity index (χ1n) is 9.00. The van der Waals surface area contributed by atoms with E-state index in [4.69, 9.17) is 19.1 Å². The minimum atomic E-state index is -0.158. The van der Waals surface area contributed by atoms with Crippen LogP contribution in [0.3, 0.4) is 0 Å². The van der Waals surface area contributed by atoms with Crippen molar-refractivity contribution in [2.45, 2.75) is 0 Å². The van der Waals surface area contributed by atoms with E-state index in [9.17, 15) is 4.79 Å². The van der Waals surface area contributed by atoms with Gasteiger partial charge in [-0.3, -0.25) is 9.20 Å². The lowest BCUT2D eigenvalue weighted by atomic mass is 10.2. The fourth-order valence-electron chi connectivity index (χ4n) is 3.69. The Morgan fingerprint density at radius 3 is 2.79 bits per heavy atom. The molecule has 4 heterocycles. The number of ether oxygens (including phenoxy) is 1. The molecule has 0 saturated carbocycles. The first-order chi connectivity index (χ1) is 14.2. The number of para-hydroxylation sites is 2. The minimum absolute atomic E-state index is 0.158. The molecule has 0 radical (unpaired) electrons. The topological polar surface area (TPSA) is 69.6 Å². The molecule has 0 spiro atoms. The van der Waals surface area contributed by atoms with E-state index in [1.165, 1.54) is 0 Å². The van der Waals surface area contributed by atoms with Crippen LogP contribution in [0.25, 0.3) is 49.5 Å². The lowest BCUT2D eigenvalue weighted by Crippen LogP contribution is -2.07. The number of aromatic nitrogens is 3. The van der Waals surface area contributed by atoms with E-state index in [1.54, 1.807) is 36.6 Å². The Balaban J connectivity index is 1.88. The van der Waals surface area contributed by atoms with Crippen LogP contribution in [-0.2, 0) is 0 Å². The van der Waals surface area contributed by atoms with Crippen LogP contribution in [0, 0.1) is 0 Å². The van der Waals surface area contributed by atoms with Gasteiger partial charge in [0.2, 0.25) is 11.1 Å². The highest BCUT2D eigenvalue weighted by Crippen LogP contribution is 2.32. The fourth-order valence-corrected chi connectivity index (χ4v) is 4.39. The van der Waals surface area contributed by atoms with Crippen LogP contribution in [0.5, 0.6) is 5.75 Å². The van der Waals surface area contributed by atoms with Crippen LogP contribution in [0.4, 0.5) is 0 Å². The molecule has 0 aliphatic heterocycles. The molecule has 0 fully saturated rings. The fraction of sp³-hybridized carbons (Fsp3) is 0.0455. The maximum atomic E-state index is 13.4. The normalized spacial score (nSPS) is 11.8. The Hall–Kier alpha value is -3.71. The Bertz CT molecular complexity index is 1610. The molecule has 6 aromatic rings. The second-order valence-corrected chi connectivity index (χ2v) is 7.59. The van der Waals surface area contributed by atoms with Gasteiger partial charge in [0.05, 0.1) is 28.4 Å². The highest BCUT2D eigenvalue weighted by Gasteiger charge is 2.20. The highest BCUT2D eigenvalue weighted by atomic mass is 32.1. The molecule has 0 saturated heterocycles. The molecule has 0 aliphatic carbocycles. The van der Waals surface area contributed by atoms with Crippen LogP contribution >= 0.6 is 11.3 Å². The van der Waals surface area contributed by atoms with Crippen molar-refractivity contribution >= 4 is 50.1 Å². The van der Waals surface area contributed by atoms with E-state index < -0.39 is 0 Å². The molecule has 7 heteroatoms. The van der Waals surface area contributed by atoms with Crippen molar-refractivity contribution in [3.8, 4) is 16.5 Å². The number of nitrogens with zero attached hydrogens (tertiary/aromatic N) is 3. The first kappa shape index (κ1) is 16.3. The SMILES string of the molecule is COc1ccc2c(=O)c3c(nc(-c4cccs4)n4c5ccccc5nc34)oc2c1. The van der Waals surface area contributed by atoms with Crippen molar-refractivity contribution in [1.82, 2.24) is 14.4 Å². The van der Waals surface area contributed by atoms with Gasteiger partial charge in [0.25, 0.3) is 0 Å². The summed E-state index contributed by atoms with van der Waals surface area (Å²) in [6.45, 7) is 0. The standard InChI is InChI=1S/C22H13N3O3S/c1-27-12-8-9-13-16(11-12)28-22-18(19(13)26)21-23-14-5-2-3-6-15(14)25(21)20(24-22)17-7-4-10-29-17/h2-11H,1H3. The monoisotopic (exact) mass is 399 g/mol. The Morgan fingerprint density at radius 1 is 1.07 bits per heavy atom. The average Bonchev–Trinajstić information content (AvgIpc) is 3.41. The molecule has 140 valence electrons. The zero-order valence-corrected chi connectivity index (χ0v) is 16.1. The van der Waals surface area contributed by atoms with Gasteiger partial charge in [-0.05, 0) is 35.7 Å². The maximum absolute atomic E-state index is 13.4. The predicted octanol–water partition coefficient (Wildman–Crippen LogP) is 4.88. The van der Waals surface area contributed by atoms with Gasteiger partial charge in [0.1, 0.15) is 16.7 Å². The van der Waals surface area contributed by atoms with E-state index in [2.05, 4.69) is 0 Å². The van der Waals surface area contributed by atoms with Crippen LogP contribution < -0.4 is 10.2 Å². The summed E-state index contributed by atoms with van der Waals surface area (Å²) in [7, 11) is 1.58. The predicted molar refractivity (Wildman–Crippen MR) is 114 cm³/mol. The van der Waals surface area contributed by atoms with Gasteiger partial charge in [0, 0.05) is 6.07 Å². The molecule has 2 aromatic carbocycles. The quantitative estimate of drug-likeness (QED) is 0.388. The maximum Gasteiger partial charge on any atom is 0.236 e. The van der Waals surface area contributed by atoms with E-state index in [1.807, 2.05) is 46.2 Å². The van der Waals surface area contributed by atoms with E-state index in [-0.39, 0.29) is 11.1 Å². The van der Waals surface area contributed by atoms with Gasteiger partial charge >= 0.3 is 0 Å². The van der Waals surface area contributed by atoms with Gasteiger partial charge in [-0.1, -0.05) is 18.2 Å². The Morgan fingerprint density at radius 2 is 1.97 bits per heavy atom. The van der Waals surface area contributed by atoms with E-state index in [0.717, 1.165) is 15.9 Å². The summed E-state index contributed by atoms with van der Waals surface area (Å²) in [5.74, 6) is 1.31. The number of thiophene rings is 1. The van der Waals surface area contributed by atoms with Crippen LogP contribution in [0.2, 0.25) is 0 Å². The Kier molecular flexibility index (Phi) is 3.30. The second kappa shape index (κ2) is 5.89. The number of hydrogen-bond donors (Lipinski definition) is 0. The summed E-state index contributed by atoms with van der Waals surface area (Å²) in [5, 5.41) is 2.84. The van der Waals surface area contributed by atoms with Gasteiger partial charge in [0.15, 0.2) is 11.5 Å². The molecule has 0 aliphatic rings. The lowest BCUT2D eigenvalue weighted by molar-refractivity contribution is 0.414. The summed E-state index contributed by atoms with van der Waals surface area (Å²) >= 11 is 1.57. The van der Waals surface area contributed by atoms with Crippen LogP contribution in [-0.4, -0.2) is 21.5 Å². The van der Waals surface area contributed by atoms with Gasteiger partial charge < -0.3 is 9.15 Å². The smallest absolute Gasteiger partial charge is 0.236 e. The second-order valence-electron chi connectivity index (χ2n) is 6.65. The largest absolute Gasteiger partial charge is 0.497 e. The van der Waals surface area contributed by atoms with Crippen LogP contribution in [0.1, 0.15) is 0 Å². The number of rotatable bonds is 2. The average molecular weight is 399 g/mol. The third kappa shape index (κ3) is 2.25. The van der Waals surface area contributed by atoms with Crippen molar-refractivity contribution < 1.29 is 9.15 Å². The van der Waals surface area contributed by atoms with Crippen molar-refractivity contribution in [3.05, 3.63) is 70.2 Å². The molecule has 0 amide bonds. The summed E-state index contributed by atoms with van der Waals surface area (Å²) in [4.78, 5) is 23.9. The van der Waals surface area contributed by atoms with Gasteiger partial charge in [-0.25, -0.2) is 4.98 Å². The highest BCUT2D eigenvalue weighted by molar-refractivity contribution is 7.13. The molecule has 6 rings (SSSR count). The number of fused-ring (bicyclic) bond motifs is 6.